The number of carbonyl (C=O) groups is 2. The number of nitrogens with zero attached hydrogens (tertiary/aromatic N) is 1. The smallest absolute Gasteiger partial charge is 0.325 e. The van der Waals surface area contributed by atoms with Gasteiger partial charge in [-0.1, -0.05) is 12.1 Å². The highest BCUT2D eigenvalue weighted by molar-refractivity contribution is 5.81. The van der Waals surface area contributed by atoms with E-state index in [0.29, 0.717) is 5.56 Å². The second-order valence-corrected chi connectivity index (χ2v) is 6.59. The van der Waals surface area contributed by atoms with Crippen LogP contribution in [0.15, 0.2) is 33.9 Å². The summed E-state index contributed by atoms with van der Waals surface area (Å²) in [6, 6.07) is 5.67. The summed E-state index contributed by atoms with van der Waals surface area (Å²) in [7, 11) is 0. The van der Waals surface area contributed by atoms with Gasteiger partial charge in [-0.15, -0.1) is 0 Å². The molecule has 9 heteroatoms. The minimum absolute atomic E-state index is 0.0321. The van der Waals surface area contributed by atoms with Crippen molar-refractivity contribution in [1.29, 1.82) is 0 Å². The topological polar surface area (TPSA) is 123 Å². The standard InChI is InChI=1S/C18H18FN3O5/c1-9-12(16(24)21-18(27)20-9)6-15(23)22-7-13(14(8-22)17(25)26)10-3-2-4-11(19)5-10/h2-5,13-14H,6-8H2,1H3,(H,25,26)(H2,20,21,24,27)/t13-,14+/m1/s1. The quantitative estimate of drug-likeness (QED) is 0.713. The predicted molar refractivity (Wildman–Crippen MR) is 93.0 cm³/mol. The lowest BCUT2D eigenvalue weighted by Crippen LogP contribution is -2.35. The van der Waals surface area contributed by atoms with Crippen LogP contribution in [0.5, 0.6) is 0 Å². The average molecular weight is 375 g/mol. The summed E-state index contributed by atoms with van der Waals surface area (Å²) in [6.45, 7) is 1.59. The molecule has 0 saturated carbocycles. The molecular weight excluding hydrogens is 357 g/mol. The Morgan fingerprint density at radius 2 is 2.00 bits per heavy atom. The van der Waals surface area contributed by atoms with Crippen molar-refractivity contribution < 1.29 is 19.1 Å². The van der Waals surface area contributed by atoms with Crippen LogP contribution >= 0.6 is 0 Å². The second-order valence-electron chi connectivity index (χ2n) is 6.59. The molecule has 0 aliphatic carbocycles. The van der Waals surface area contributed by atoms with Crippen molar-refractivity contribution >= 4 is 11.9 Å². The minimum atomic E-state index is -1.07. The molecule has 0 radical (unpaired) electrons. The van der Waals surface area contributed by atoms with Crippen molar-refractivity contribution in [3.05, 3.63) is 67.7 Å². The Morgan fingerprint density at radius 3 is 2.63 bits per heavy atom. The summed E-state index contributed by atoms with van der Waals surface area (Å²) in [5, 5.41) is 9.50. The molecule has 1 fully saturated rings. The first-order valence-electron chi connectivity index (χ1n) is 8.34. The molecule has 3 N–H and O–H groups in total. The van der Waals surface area contributed by atoms with Gasteiger partial charge < -0.3 is 15.0 Å². The van der Waals surface area contributed by atoms with E-state index in [2.05, 4.69) is 9.97 Å². The Kier molecular flexibility index (Phi) is 4.93. The van der Waals surface area contributed by atoms with Crippen LogP contribution in [0.1, 0.15) is 22.7 Å². The Labute approximate surface area is 152 Å². The maximum atomic E-state index is 13.5. The second kappa shape index (κ2) is 7.18. The number of carbonyl (C=O) groups excluding carboxylic acids is 1. The molecule has 27 heavy (non-hydrogen) atoms. The van der Waals surface area contributed by atoms with Crippen LogP contribution in [0.4, 0.5) is 4.39 Å². The number of H-pyrrole nitrogens is 2. The van der Waals surface area contributed by atoms with Gasteiger partial charge >= 0.3 is 11.7 Å². The molecular formula is C18H18FN3O5. The summed E-state index contributed by atoms with van der Waals surface area (Å²) >= 11 is 0. The number of hydrogen-bond donors (Lipinski definition) is 3. The zero-order chi connectivity index (χ0) is 19.7. The lowest BCUT2D eigenvalue weighted by molar-refractivity contribution is -0.141. The lowest BCUT2D eigenvalue weighted by Gasteiger charge is -2.17. The first-order valence-corrected chi connectivity index (χ1v) is 8.34. The molecule has 1 aliphatic heterocycles. The SMILES string of the molecule is Cc1[nH]c(=O)[nH]c(=O)c1CC(=O)N1C[C@H](C(=O)O)[C@@H](c2cccc(F)c2)C1. The Morgan fingerprint density at radius 1 is 1.26 bits per heavy atom. The summed E-state index contributed by atoms with van der Waals surface area (Å²) in [4.78, 5) is 53.3. The third-order valence-electron chi connectivity index (χ3n) is 4.85. The normalized spacial score (nSPS) is 19.3. The highest BCUT2D eigenvalue weighted by Gasteiger charge is 2.40. The number of hydrogen-bond acceptors (Lipinski definition) is 4. The van der Waals surface area contributed by atoms with E-state index in [1.54, 1.807) is 6.07 Å². The van der Waals surface area contributed by atoms with Crippen LogP contribution in [0.25, 0.3) is 0 Å². The van der Waals surface area contributed by atoms with Crippen molar-refractivity contribution in [1.82, 2.24) is 14.9 Å². The van der Waals surface area contributed by atoms with E-state index in [0.717, 1.165) is 0 Å². The first kappa shape index (κ1) is 18.6. The Balaban J connectivity index is 1.84. The van der Waals surface area contributed by atoms with Gasteiger partial charge in [0.2, 0.25) is 5.91 Å². The number of likely N-dealkylation sites (tertiary alicyclic amines) is 1. The summed E-state index contributed by atoms with van der Waals surface area (Å²) in [6.07, 6.45) is -0.264. The number of aliphatic carboxylic acids is 1. The lowest BCUT2D eigenvalue weighted by atomic mass is 9.89. The molecule has 1 aromatic heterocycles. The molecule has 1 saturated heterocycles. The van der Waals surface area contributed by atoms with Gasteiger partial charge in [-0.25, -0.2) is 9.18 Å². The van der Waals surface area contributed by atoms with Gasteiger partial charge in [-0.05, 0) is 24.6 Å². The van der Waals surface area contributed by atoms with Gasteiger partial charge in [-0.2, -0.15) is 0 Å². The van der Waals surface area contributed by atoms with E-state index in [9.17, 15) is 28.7 Å². The zero-order valence-corrected chi connectivity index (χ0v) is 14.5. The fourth-order valence-electron chi connectivity index (χ4n) is 3.43. The highest BCUT2D eigenvalue weighted by Crippen LogP contribution is 2.33. The largest absolute Gasteiger partial charge is 0.481 e. The van der Waals surface area contributed by atoms with Gasteiger partial charge in [0, 0.05) is 30.3 Å². The van der Waals surface area contributed by atoms with Gasteiger partial charge in [-0.3, -0.25) is 19.4 Å². The molecule has 1 amide bonds. The van der Waals surface area contributed by atoms with Crippen LogP contribution in [0, 0.1) is 18.7 Å². The third-order valence-corrected chi connectivity index (χ3v) is 4.85. The molecule has 2 atom stereocenters. The maximum absolute atomic E-state index is 13.5. The van der Waals surface area contributed by atoms with E-state index in [-0.39, 0.29) is 30.8 Å². The molecule has 3 rings (SSSR count). The van der Waals surface area contributed by atoms with Crippen molar-refractivity contribution in [2.75, 3.05) is 13.1 Å². The molecule has 1 aliphatic rings. The number of rotatable bonds is 4. The predicted octanol–water partition coefficient (Wildman–Crippen LogP) is 0.380. The molecule has 0 unspecified atom stereocenters. The van der Waals surface area contributed by atoms with Gasteiger partial charge in [0.15, 0.2) is 0 Å². The zero-order valence-electron chi connectivity index (χ0n) is 14.5. The van der Waals surface area contributed by atoms with Gasteiger partial charge in [0.25, 0.3) is 5.56 Å². The molecule has 8 nitrogen and oxygen atoms in total. The number of aromatic amines is 2. The van der Waals surface area contributed by atoms with Crippen LogP contribution in [0.3, 0.4) is 0 Å². The summed E-state index contributed by atoms with van der Waals surface area (Å²) < 4.78 is 13.5. The Hall–Kier alpha value is -3.23. The van der Waals surface area contributed by atoms with E-state index in [1.807, 2.05) is 0 Å². The van der Waals surface area contributed by atoms with Crippen molar-refractivity contribution in [2.24, 2.45) is 5.92 Å². The number of amides is 1. The number of halogens is 1. The van der Waals surface area contributed by atoms with E-state index in [4.69, 9.17) is 0 Å². The van der Waals surface area contributed by atoms with E-state index >= 15 is 0 Å². The third kappa shape index (κ3) is 3.81. The van der Waals surface area contributed by atoms with Crippen LogP contribution in [-0.4, -0.2) is 44.9 Å². The Bertz CT molecular complexity index is 1010. The molecule has 0 bridgehead atoms. The molecule has 0 spiro atoms. The minimum Gasteiger partial charge on any atom is -0.481 e. The number of carboxylic acids is 1. The number of carboxylic acid groups (broad SMARTS) is 1. The number of benzene rings is 1. The van der Waals surface area contributed by atoms with E-state index in [1.165, 1.54) is 30.0 Å². The summed E-state index contributed by atoms with van der Waals surface area (Å²) in [5.74, 6) is -3.39. The molecule has 2 heterocycles. The maximum Gasteiger partial charge on any atom is 0.325 e. The molecule has 1 aromatic carbocycles. The van der Waals surface area contributed by atoms with Crippen molar-refractivity contribution in [3.63, 3.8) is 0 Å². The molecule has 142 valence electrons. The molecule has 2 aromatic rings. The fraction of sp³-hybridized carbons (Fsp3) is 0.333. The number of nitrogens with one attached hydrogen (secondary N) is 2. The summed E-state index contributed by atoms with van der Waals surface area (Å²) in [5.41, 5.74) is -0.392. The van der Waals surface area contributed by atoms with Gasteiger partial charge in [0.05, 0.1) is 12.3 Å². The first-order chi connectivity index (χ1) is 12.8. The fourth-order valence-corrected chi connectivity index (χ4v) is 3.43. The van der Waals surface area contributed by atoms with E-state index < -0.39 is 40.8 Å². The average Bonchev–Trinajstić information content (AvgIpc) is 3.03. The van der Waals surface area contributed by atoms with Crippen LogP contribution in [-0.2, 0) is 16.0 Å². The van der Waals surface area contributed by atoms with Gasteiger partial charge in [0.1, 0.15) is 5.82 Å². The van der Waals surface area contributed by atoms with Crippen molar-refractivity contribution in [3.8, 4) is 0 Å². The number of aromatic nitrogens is 2. The number of aryl methyl sites for hydroxylation is 1. The van der Waals surface area contributed by atoms with Crippen LogP contribution < -0.4 is 11.2 Å². The highest BCUT2D eigenvalue weighted by atomic mass is 19.1. The van der Waals surface area contributed by atoms with Crippen molar-refractivity contribution in [2.45, 2.75) is 19.3 Å². The van der Waals surface area contributed by atoms with Crippen LogP contribution in [0.2, 0.25) is 0 Å². The monoisotopic (exact) mass is 375 g/mol.